The second-order valence-electron chi connectivity index (χ2n) is 5.73. The van der Waals surface area contributed by atoms with Crippen LogP contribution >= 0.6 is 11.6 Å². The molecule has 0 bridgehead atoms. The molecule has 7 nitrogen and oxygen atoms in total. The van der Waals surface area contributed by atoms with Crippen LogP contribution in [0.25, 0.3) is 11.3 Å². The van der Waals surface area contributed by atoms with E-state index >= 15 is 0 Å². The fraction of sp³-hybridized carbons (Fsp3) is 0.105. The third-order valence-corrected chi connectivity index (χ3v) is 4.02. The number of carboxylic acid groups (broad SMARTS) is 2. The summed E-state index contributed by atoms with van der Waals surface area (Å²) in [5.74, 6) is -4.22. The fourth-order valence-electron chi connectivity index (χ4n) is 2.30. The van der Waals surface area contributed by atoms with Crippen molar-refractivity contribution < 1.29 is 28.6 Å². The number of hydrogen-bond donors (Lipinski definition) is 3. The van der Waals surface area contributed by atoms with E-state index in [1.807, 2.05) is 35.9 Å². The number of carboxylic acids is 2. The van der Waals surface area contributed by atoms with E-state index in [0.29, 0.717) is 16.5 Å². The Morgan fingerprint density at radius 2 is 1.72 bits per heavy atom. The lowest BCUT2D eigenvalue weighted by Crippen LogP contribution is -2.09. The van der Waals surface area contributed by atoms with Crippen molar-refractivity contribution in [1.29, 1.82) is 0 Å². The minimum Gasteiger partial charge on any atom is -0.473 e. The lowest BCUT2D eigenvalue weighted by atomic mass is 10.2. The van der Waals surface area contributed by atoms with Crippen LogP contribution in [0.1, 0.15) is 5.56 Å². The van der Waals surface area contributed by atoms with Gasteiger partial charge in [-0.25, -0.2) is 23.4 Å². The summed E-state index contributed by atoms with van der Waals surface area (Å²) in [5.41, 5.74) is 2.26. The lowest BCUT2D eigenvalue weighted by molar-refractivity contribution is -0.159. The number of benzene rings is 2. The minimum absolute atomic E-state index is 0.219. The van der Waals surface area contributed by atoms with Crippen LogP contribution in [0.2, 0.25) is 5.02 Å². The van der Waals surface area contributed by atoms with Gasteiger partial charge in [0.1, 0.15) is 11.6 Å². The van der Waals surface area contributed by atoms with Crippen LogP contribution in [0, 0.1) is 11.6 Å². The van der Waals surface area contributed by atoms with Crippen molar-refractivity contribution >= 4 is 29.5 Å². The molecule has 29 heavy (non-hydrogen) atoms. The molecule has 3 N–H and O–H groups in total. The monoisotopic (exact) mass is 423 g/mol. The highest BCUT2D eigenvalue weighted by Gasteiger charge is 2.10. The molecule has 0 spiro atoms. The summed E-state index contributed by atoms with van der Waals surface area (Å²) >= 11 is 5.89. The van der Waals surface area contributed by atoms with Crippen LogP contribution in [0.3, 0.4) is 0 Å². The van der Waals surface area contributed by atoms with Crippen LogP contribution in [0.15, 0.2) is 48.7 Å². The maximum atomic E-state index is 13.6. The van der Waals surface area contributed by atoms with E-state index in [1.54, 1.807) is 6.20 Å². The number of anilines is 1. The van der Waals surface area contributed by atoms with Crippen LogP contribution in [-0.2, 0) is 23.2 Å². The molecule has 2 aromatic carbocycles. The summed E-state index contributed by atoms with van der Waals surface area (Å²) in [6.07, 6.45) is 1.73. The summed E-state index contributed by atoms with van der Waals surface area (Å²) in [7, 11) is 1.86. The lowest BCUT2D eigenvalue weighted by Gasteiger charge is -2.09. The fourth-order valence-corrected chi connectivity index (χ4v) is 2.43. The number of nitrogens with zero attached hydrogens (tertiary/aromatic N) is 2. The molecule has 3 aromatic rings. The van der Waals surface area contributed by atoms with E-state index in [-0.39, 0.29) is 6.54 Å². The van der Waals surface area contributed by atoms with E-state index < -0.39 is 23.6 Å². The molecule has 0 aliphatic heterocycles. The zero-order valence-electron chi connectivity index (χ0n) is 15.1. The summed E-state index contributed by atoms with van der Waals surface area (Å²) in [6.45, 7) is 0.219. The number of hydrogen-bond acceptors (Lipinski definition) is 4. The van der Waals surface area contributed by atoms with Crippen molar-refractivity contribution in [2.75, 3.05) is 5.32 Å². The molecular formula is C19H16ClF2N3O4. The van der Waals surface area contributed by atoms with E-state index in [9.17, 15) is 8.78 Å². The van der Waals surface area contributed by atoms with Crippen molar-refractivity contribution in [3.8, 4) is 11.3 Å². The van der Waals surface area contributed by atoms with Gasteiger partial charge in [0.25, 0.3) is 0 Å². The van der Waals surface area contributed by atoms with Gasteiger partial charge in [-0.2, -0.15) is 0 Å². The number of aliphatic carboxylic acids is 2. The molecule has 0 amide bonds. The Morgan fingerprint density at radius 1 is 1.10 bits per heavy atom. The number of nitrogens with one attached hydrogen (secondary N) is 1. The maximum absolute atomic E-state index is 13.6. The van der Waals surface area contributed by atoms with E-state index in [1.165, 1.54) is 12.1 Å². The highest BCUT2D eigenvalue weighted by Crippen LogP contribution is 2.24. The Balaban J connectivity index is 0.000000438. The molecule has 0 saturated carbocycles. The predicted molar refractivity (Wildman–Crippen MR) is 103 cm³/mol. The molecule has 10 heteroatoms. The number of imidazole rings is 1. The first kappa shape index (κ1) is 21.8. The SMILES string of the molecule is Cn1c(-c2ccc(Cl)cc2)cnc1NCc1ccc(F)cc1F.O=C(O)C(=O)O. The molecular weight excluding hydrogens is 408 g/mol. The average Bonchev–Trinajstić information content (AvgIpc) is 3.03. The van der Waals surface area contributed by atoms with Crippen LogP contribution in [-0.4, -0.2) is 31.7 Å². The molecule has 0 radical (unpaired) electrons. The van der Waals surface area contributed by atoms with Gasteiger partial charge >= 0.3 is 11.9 Å². The standard InChI is InChI=1S/C17H14ClF2N3.C2H2O4/c1-23-16(11-2-5-13(18)6-3-11)10-22-17(23)21-9-12-4-7-14(19)8-15(12)20;3-1(4)2(5)6/h2-8,10H,9H2,1H3,(H,21,22);(H,3,4)(H,5,6). The molecule has 0 aliphatic rings. The first-order chi connectivity index (χ1) is 13.7. The molecule has 1 heterocycles. The zero-order chi connectivity index (χ0) is 21.6. The molecule has 3 rings (SSSR count). The Kier molecular flexibility index (Phi) is 7.27. The van der Waals surface area contributed by atoms with Gasteiger partial charge in [-0.15, -0.1) is 0 Å². The van der Waals surface area contributed by atoms with Crippen molar-refractivity contribution in [2.45, 2.75) is 6.54 Å². The van der Waals surface area contributed by atoms with Gasteiger partial charge in [-0.3, -0.25) is 0 Å². The van der Waals surface area contributed by atoms with Gasteiger partial charge in [0.05, 0.1) is 11.9 Å². The summed E-state index contributed by atoms with van der Waals surface area (Å²) < 4.78 is 28.4. The molecule has 1 aromatic heterocycles. The van der Waals surface area contributed by atoms with E-state index in [4.69, 9.17) is 31.4 Å². The smallest absolute Gasteiger partial charge is 0.414 e. The van der Waals surface area contributed by atoms with Gasteiger partial charge in [-0.05, 0) is 23.8 Å². The van der Waals surface area contributed by atoms with Gasteiger partial charge in [0.15, 0.2) is 0 Å². The highest BCUT2D eigenvalue weighted by molar-refractivity contribution is 6.30. The zero-order valence-corrected chi connectivity index (χ0v) is 15.8. The third kappa shape index (κ3) is 6.01. The normalized spacial score (nSPS) is 10.1. The van der Waals surface area contributed by atoms with E-state index in [0.717, 1.165) is 17.3 Å². The second kappa shape index (κ2) is 9.65. The molecule has 0 unspecified atom stereocenters. The largest absolute Gasteiger partial charge is 0.473 e. The predicted octanol–water partition coefficient (Wildman–Crippen LogP) is 3.79. The van der Waals surface area contributed by atoms with E-state index in [2.05, 4.69) is 10.3 Å². The van der Waals surface area contributed by atoms with Gasteiger partial charge < -0.3 is 20.1 Å². The molecule has 152 valence electrons. The van der Waals surface area contributed by atoms with Crippen LogP contribution in [0.5, 0.6) is 0 Å². The summed E-state index contributed by atoms with van der Waals surface area (Å²) in [5, 5.41) is 18.5. The first-order valence-corrected chi connectivity index (χ1v) is 8.48. The highest BCUT2D eigenvalue weighted by atomic mass is 35.5. The molecule has 0 saturated heterocycles. The molecule has 0 atom stereocenters. The van der Waals surface area contributed by atoms with Crippen molar-refractivity contribution in [3.05, 3.63) is 70.9 Å². The summed E-state index contributed by atoms with van der Waals surface area (Å²) in [6, 6.07) is 11.0. The maximum Gasteiger partial charge on any atom is 0.414 e. The third-order valence-electron chi connectivity index (χ3n) is 3.76. The van der Waals surface area contributed by atoms with Gasteiger partial charge in [0, 0.05) is 30.2 Å². The average molecular weight is 424 g/mol. The minimum atomic E-state index is -1.82. The first-order valence-electron chi connectivity index (χ1n) is 8.10. The Labute approximate surface area is 169 Å². The Hall–Kier alpha value is -3.46. The topological polar surface area (TPSA) is 104 Å². The second-order valence-corrected chi connectivity index (χ2v) is 6.17. The quantitative estimate of drug-likeness (QED) is 0.551. The number of halogens is 3. The number of aromatic nitrogens is 2. The number of rotatable bonds is 4. The van der Waals surface area contributed by atoms with Gasteiger partial charge in [-0.1, -0.05) is 29.8 Å². The van der Waals surface area contributed by atoms with Crippen molar-refractivity contribution in [3.63, 3.8) is 0 Å². The van der Waals surface area contributed by atoms with Crippen LogP contribution in [0.4, 0.5) is 14.7 Å². The number of carbonyl (C=O) groups is 2. The Bertz CT molecular complexity index is 1010. The molecule has 0 fully saturated rings. The van der Waals surface area contributed by atoms with Crippen molar-refractivity contribution in [1.82, 2.24) is 9.55 Å². The van der Waals surface area contributed by atoms with Crippen molar-refractivity contribution in [2.24, 2.45) is 7.05 Å². The van der Waals surface area contributed by atoms with Gasteiger partial charge in [0.2, 0.25) is 5.95 Å². The Morgan fingerprint density at radius 3 is 2.28 bits per heavy atom. The van der Waals surface area contributed by atoms with Crippen LogP contribution < -0.4 is 5.32 Å². The molecule has 0 aliphatic carbocycles. The summed E-state index contributed by atoms with van der Waals surface area (Å²) in [4.78, 5) is 22.5.